The first-order chi connectivity index (χ1) is 7.28. The van der Waals surface area contributed by atoms with Crippen LogP contribution in [0.4, 0.5) is 0 Å². The highest BCUT2D eigenvalue weighted by Gasteiger charge is 1.99. The topological polar surface area (TPSA) is 20.2 Å². The van der Waals surface area contributed by atoms with E-state index in [0.29, 0.717) is 0 Å². The summed E-state index contributed by atoms with van der Waals surface area (Å²) in [4.78, 5) is 1.35. The van der Waals surface area contributed by atoms with Crippen LogP contribution in [0.3, 0.4) is 0 Å². The molecule has 0 fully saturated rings. The lowest BCUT2D eigenvalue weighted by molar-refractivity contribution is 0.282. The van der Waals surface area contributed by atoms with Gasteiger partial charge in [0.25, 0.3) is 0 Å². The minimum atomic E-state index is 0.116. The van der Waals surface area contributed by atoms with Crippen LogP contribution in [0.25, 0.3) is 0 Å². The first-order valence-corrected chi connectivity index (χ1v) is 6.32. The summed E-state index contributed by atoms with van der Waals surface area (Å²) in [5.74, 6) is 0. The second kappa shape index (κ2) is 4.92. The van der Waals surface area contributed by atoms with Crippen LogP contribution in [0.2, 0.25) is 0 Å². The number of thiophene rings is 1. The third-order valence-corrected chi connectivity index (χ3v) is 3.84. The third kappa shape index (κ3) is 2.91. The second-order valence-corrected chi connectivity index (χ2v) is 5.90. The van der Waals surface area contributed by atoms with Gasteiger partial charge in [-0.15, -0.1) is 11.3 Å². The zero-order chi connectivity index (χ0) is 10.7. The molecule has 3 heteroatoms. The Morgan fingerprint density at radius 2 is 1.67 bits per heavy atom. The molecule has 0 radical (unpaired) electrons. The monoisotopic (exact) mass is 282 g/mol. The van der Waals surface area contributed by atoms with Crippen LogP contribution in [0, 0.1) is 0 Å². The van der Waals surface area contributed by atoms with Crippen LogP contribution in [0.15, 0.2) is 40.2 Å². The van der Waals surface area contributed by atoms with Gasteiger partial charge < -0.3 is 5.11 Å². The number of hydrogen-bond donors (Lipinski definition) is 1. The Bertz CT molecular complexity index is 433. The van der Waals surface area contributed by atoms with E-state index >= 15 is 0 Å². The quantitative estimate of drug-likeness (QED) is 0.912. The van der Waals surface area contributed by atoms with Gasteiger partial charge in [0.15, 0.2) is 0 Å². The highest BCUT2D eigenvalue weighted by Crippen LogP contribution is 2.24. The van der Waals surface area contributed by atoms with Crippen molar-refractivity contribution < 1.29 is 5.11 Å². The summed E-state index contributed by atoms with van der Waals surface area (Å²) in [5, 5.41) is 8.92. The van der Waals surface area contributed by atoms with Crippen molar-refractivity contribution in [2.75, 3.05) is 0 Å². The number of benzene rings is 1. The number of rotatable bonds is 3. The van der Waals surface area contributed by atoms with E-state index in [1.807, 2.05) is 12.1 Å². The molecule has 2 aromatic rings. The molecule has 0 amide bonds. The molecular weight excluding hydrogens is 272 g/mol. The molecule has 78 valence electrons. The standard InChI is InChI=1S/C12H11BrOS/c13-12-6-5-11(15-12)7-9-1-3-10(8-14)4-2-9/h1-6,14H,7-8H2. The van der Waals surface area contributed by atoms with Crippen molar-refractivity contribution in [3.8, 4) is 0 Å². The van der Waals surface area contributed by atoms with Gasteiger partial charge in [-0.05, 0) is 39.2 Å². The average molecular weight is 283 g/mol. The molecule has 0 atom stereocenters. The van der Waals surface area contributed by atoms with E-state index in [4.69, 9.17) is 5.11 Å². The fourth-order valence-corrected chi connectivity index (χ4v) is 2.93. The highest BCUT2D eigenvalue weighted by atomic mass is 79.9. The maximum Gasteiger partial charge on any atom is 0.0701 e. The van der Waals surface area contributed by atoms with Crippen molar-refractivity contribution in [1.29, 1.82) is 0 Å². The third-order valence-electron chi connectivity index (χ3n) is 2.21. The normalized spacial score (nSPS) is 10.5. The molecule has 0 saturated carbocycles. The van der Waals surface area contributed by atoms with Gasteiger partial charge in [-0.3, -0.25) is 0 Å². The molecular formula is C12H11BrOS. The van der Waals surface area contributed by atoms with E-state index in [2.05, 4.69) is 40.2 Å². The first-order valence-electron chi connectivity index (χ1n) is 4.71. The maximum atomic E-state index is 8.92. The highest BCUT2D eigenvalue weighted by molar-refractivity contribution is 9.11. The van der Waals surface area contributed by atoms with Crippen molar-refractivity contribution in [3.05, 3.63) is 56.2 Å². The van der Waals surface area contributed by atoms with Crippen LogP contribution in [-0.4, -0.2) is 5.11 Å². The maximum absolute atomic E-state index is 8.92. The van der Waals surface area contributed by atoms with Crippen LogP contribution in [0.5, 0.6) is 0 Å². The van der Waals surface area contributed by atoms with Gasteiger partial charge in [-0.25, -0.2) is 0 Å². The lowest BCUT2D eigenvalue weighted by Gasteiger charge is -2.00. The SMILES string of the molecule is OCc1ccc(Cc2ccc(Br)s2)cc1. The van der Waals surface area contributed by atoms with Crippen LogP contribution >= 0.6 is 27.3 Å². The molecule has 1 aromatic carbocycles. The molecule has 2 rings (SSSR count). The lowest BCUT2D eigenvalue weighted by atomic mass is 10.1. The van der Waals surface area contributed by atoms with Gasteiger partial charge in [0, 0.05) is 11.3 Å². The zero-order valence-corrected chi connectivity index (χ0v) is 10.5. The van der Waals surface area contributed by atoms with Crippen molar-refractivity contribution in [2.45, 2.75) is 13.0 Å². The molecule has 0 aliphatic heterocycles. The molecule has 0 aliphatic carbocycles. The number of hydrogen-bond acceptors (Lipinski definition) is 2. The van der Waals surface area contributed by atoms with Crippen LogP contribution < -0.4 is 0 Å². The van der Waals surface area contributed by atoms with Gasteiger partial charge in [0.2, 0.25) is 0 Å². The summed E-state index contributed by atoms with van der Waals surface area (Å²) >= 11 is 5.21. The van der Waals surface area contributed by atoms with Gasteiger partial charge in [-0.1, -0.05) is 24.3 Å². The Labute approximate surface area is 102 Å². The van der Waals surface area contributed by atoms with E-state index in [9.17, 15) is 0 Å². The molecule has 0 bridgehead atoms. The van der Waals surface area contributed by atoms with Crippen molar-refractivity contribution in [2.24, 2.45) is 0 Å². The van der Waals surface area contributed by atoms with Crippen molar-refractivity contribution in [3.63, 3.8) is 0 Å². The Hall–Kier alpha value is -0.640. The molecule has 0 aliphatic rings. The predicted molar refractivity (Wildman–Crippen MR) is 67.2 cm³/mol. The molecule has 1 N–H and O–H groups in total. The minimum absolute atomic E-state index is 0.116. The molecule has 1 aromatic heterocycles. The van der Waals surface area contributed by atoms with Crippen molar-refractivity contribution in [1.82, 2.24) is 0 Å². The molecule has 0 unspecified atom stereocenters. The first kappa shape index (κ1) is 10.9. The Morgan fingerprint density at radius 1 is 1.00 bits per heavy atom. The van der Waals surface area contributed by atoms with Crippen molar-refractivity contribution >= 4 is 27.3 Å². The number of aliphatic hydroxyl groups excluding tert-OH is 1. The van der Waals surface area contributed by atoms with E-state index in [-0.39, 0.29) is 6.61 Å². The summed E-state index contributed by atoms with van der Waals surface area (Å²) in [6, 6.07) is 12.3. The second-order valence-electron chi connectivity index (χ2n) is 3.36. The average Bonchev–Trinajstić information content (AvgIpc) is 2.65. The fraction of sp³-hybridized carbons (Fsp3) is 0.167. The summed E-state index contributed by atoms with van der Waals surface area (Å²) in [7, 11) is 0. The largest absolute Gasteiger partial charge is 0.392 e. The van der Waals surface area contributed by atoms with Gasteiger partial charge in [-0.2, -0.15) is 0 Å². The van der Waals surface area contributed by atoms with E-state index < -0.39 is 0 Å². The fourth-order valence-electron chi connectivity index (χ4n) is 1.41. The molecule has 1 nitrogen and oxygen atoms in total. The van der Waals surface area contributed by atoms with E-state index in [0.717, 1.165) is 12.0 Å². The smallest absolute Gasteiger partial charge is 0.0701 e. The Morgan fingerprint density at radius 3 is 2.20 bits per heavy atom. The number of halogens is 1. The molecule has 1 heterocycles. The summed E-state index contributed by atoms with van der Waals surface area (Å²) in [5.41, 5.74) is 2.24. The van der Waals surface area contributed by atoms with Crippen LogP contribution in [0.1, 0.15) is 16.0 Å². The molecule has 0 spiro atoms. The summed E-state index contributed by atoms with van der Waals surface area (Å²) in [6.07, 6.45) is 0.960. The molecule has 0 saturated heterocycles. The van der Waals surface area contributed by atoms with E-state index in [1.165, 1.54) is 14.2 Å². The van der Waals surface area contributed by atoms with Crippen LogP contribution in [-0.2, 0) is 13.0 Å². The summed E-state index contributed by atoms with van der Waals surface area (Å²) < 4.78 is 1.17. The zero-order valence-electron chi connectivity index (χ0n) is 8.11. The minimum Gasteiger partial charge on any atom is -0.392 e. The van der Waals surface area contributed by atoms with E-state index in [1.54, 1.807) is 11.3 Å². The predicted octanol–water partition coefficient (Wildman–Crippen LogP) is 3.59. The van der Waals surface area contributed by atoms with Gasteiger partial charge in [0.05, 0.1) is 10.4 Å². The number of aliphatic hydroxyl groups is 1. The van der Waals surface area contributed by atoms with Gasteiger partial charge >= 0.3 is 0 Å². The van der Waals surface area contributed by atoms with Gasteiger partial charge in [0.1, 0.15) is 0 Å². The Kier molecular flexibility index (Phi) is 3.57. The summed E-state index contributed by atoms with van der Waals surface area (Å²) in [6.45, 7) is 0.116. The Balaban J connectivity index is 2.11. The molecule has 15 heavy (non-hydrogen) atoms. The lowest BCUT2D eigenvalue weighted by Crippen LogP contribution is -1.86.